The average molecular weight is 631 g/mol. The van der Waals surface area contributed by atoms with Crippen LogP contribution in [0.1, 0.15) is 16.7 Å². The minimum absolute atomic E-state index is 0.859. The van der Waals surface area contributed by atoms with Crippen molar-refractivity contribution >= 4 is 43.8 Å². The van der Waals surface area contributed by atoms with E-state index in [1.165, 1.54) is 0 Å². The molecule has 44 heavy (non-hydrogen) atoms. The van der Waals surface area contributed by atoms with Gasteiger partial charge in [-0.25, -0.2) is 0 Å². The topological polar surface area (TPSA) is 23.5 Å². The lowest BCUT2D eigenvalue weighted by molar-refractivity contribution is 0.131. The second kappa shape index (κ2) is 10.6. The van der Waals surface area contributed by atoms with Gasteiger partial charge in [-0.2, -0.15) is 0 Å². The van der Waals surface area contributed by atoms with E-state index in [4.69, 9.17) is 0 Å². The Hall–Kier alpha value is -4.96. The third-order valence-corrected chi connectivity index (χ3v) is 9.39. The second-order valence-electron chi connectivity index (χ2n) is 11.2. The van der Waals surface area contributed by atoms with Gasteiger partial charge in [0, 0.05) is 43.8 Å². The summed E-state index contributed by atoms with van der Waals surface area (Å²) in [7, 11) is 0. The van der Waals surface area contributed by atoms with Crippen molar-refractivity contribution in [3.8, 4) is 22.3 Å². The molecule has 0 aliphatic heterocycles. The summed E-state index contributed by atoms with van der Waals surface area (Å²) in [5.74, 6) is 0. The number of halogens is 1. The van der Waals surface area contributed by atoms with Gasteiger partial charge in [-0.05, 0) is 69.9 Å². The maximum absolute atomic E-state index is 13.0. The first kappa shape index (κ1) is 26.7. The Bertz CT molecular complexity index is 2120. The molecule has 0 fully saturated rings. The van der Waals surface area contributed by atoms with Crippen molar-refractivity contribution in [2.75, 3.05) is 4.90 Å². The van der Waals surface area contributed by atoms with E-state index in [0.29, 0.717) is 0 Å². The Kier molecular flexibility index (Phi) is 6.44. The molecule has 3 heteroatoms. The second-order valence-corrected chi connectivity index (χ2v) is 12.0. The fraction of sp³-hybridized carbons (Fsp3) is 0.0244. The van der Waals surface area contributed by atoms with Crippen LogP contribution < -0.4 is 4.90 Å². The molecule has 210 valence electrons. The molecule has 1 aliphatic rings. The Morgan fingerprint density at radius 1 is 0.455 bits per heavy atom. The van der Waals surface area contributed by atoms with Gasteiger partial charge in [0.05, 0.1) is 0 Å². The Balaban J connectivity index is 1.42. The molecule has 1 unspecified atom stereocenters. The van der Waals surface area contributed by atoms with Gasteiger partial charge >= 0.3 is 0 Å². The van der Waals surface area contributed by atoms with E-state index in [0.717, 1.165) is 71.3 Å². The predicted molar refractivity (Wildman–Crippen MR) is 186 cm³/mol. The highest BCUT2D eigenvalue weighted by atomic mass is 79.9. The van der Waals surface area contributed by atoms with Crippen LogP contribution in [0.5, 0.6) is 0 Å². The maximum atomic E-state index is 13.0. The van der Waals surface area contributed by atoms with Crippen molar-refractivity contribution in [2.24, 2.45) is 0 Å². The molecule has 1 aliphatic carbocycles. The van der Waals surface area contributed by atoms with Gasteiger partial charge < -0.3 is 10.0 Å². The molecule has 0 amide bonds. The summed E-state index contributed by atoms with van der Waals surface area (Å²) in [6.45, 7) is 0. The summed E-state index contributed by atoms with van der Waals surface area (Å²) >= 11 is 3.79. The van der Waals surface area contributed by atoms with Crippen LogP contribution in [0.2, 0.25) is 0 Å². The lowest BCUT2D eigenvalue weighted by Crippen LogP contribution is -2.27. The zero-order chi connectivity index (χ0) is 29.7. The molecule has 8 rings (SSSR count). The molecule has 0 saturated heterocycles. The van der Waals surface area contributed by atoms with Crippen molar-refractivity contribution in [1.29, 1.82) is 0 Å². The number of hydrogen-bond acceptors (Lipinski definition) is 2. The average Bonchev–Trinajstić information content (AvgIpc) is 3.35. The van der Waals surface area contributed by atoms with Crippen LogP contribution in [0.3, 0.4) is 0 Å². The zero-order valence-corrected chi connectivity index (χ0v) is 25.4. The van der Waals surface area contributed by atoms with Crippen LogP contribution in [0, 0.1) is 0 Å². The van der Waals surface area contributed by atoms with Crippen molar-refractivity contribution in [2.45, 2.75) is 5.60 Å². The fourth-order valence-corrected chi connectivity index (χ4v) is 7.41. The number of nitrogens with zero attached hydrogens (tertiary/aromatic N) is 1. The molecule has 7 aromatic rings. The first-order valence-corrected chi connectivity index (χ1v) is 15.6. The standard InChI is InChI=1S/C41H28BrNO/c42-39-25-13-24-38-40(39)34-21-10-12-23-37(34)41(38,44)36-22-11-9-20-33(36)35-27-31(26-28-14-7-8-19-32(28)35)43(29-15-3-1-4-16-29)30-17-5-2-6-18-30/h1-27,44H. The number of aliphatic hydroxyl groups is 1. The van der Waals surface area contributed by atoms with Crippen molar-refractivity contribution in [3.05, 3.63) is 185 Å². The highest BCUT2D eigenvalue weighted by Crippen LogP contribution is 2.55. The summed E-state index contributed by atoms with van der Waals surface area (Å²) in [4.78, 5) is 2.30. The van der Waals surface area contributed by atoms with Crippen LogP contribution in [-0.2, 0) is 5.60 Å². The third-order valence-electron chi connectivity index (χ3n) is 8.73. The Morgan fingerprint density at radius 2 is 1.00 bits per heavy atom. The summed E-state index contributed by atoms with van der Waals surface area (Å²) < 4.78 is 0.977. The summed E-state index contributed by atoms with van der Waals surface area (Å²) in [6, 6.07) is 56.7. The maximum Gasteiger partial charge on any atom is 0.142 e. The monoisotopic (exact) mass is 629 g/mol. The molecule has 0 radical (unpaired) electrons. The molecular weight excluding hydrogens is 602 g/mol. The SMILES string of the molecule is OC1(c2ccccc2-c2cc(N(c3ccccc3)c3ccccc3)cc3ccccc23)c2ccccc2-c2c(Br)cccc21. The van der Waals surface area contributed by atoms with Crippen LogP contribution in [-0.4, -0.2) is 5.11 Å². The number of benzene rings is 7. The number of anilines is 3. The number of hydrogen-bond donors (Lipinski definition) is 1. The van der Waals surface area contributed by atoms with Crippen LogP contribution in [0.15, 0.2) is 168 Å². The molecular formula is C41H28BrNO. The number of rotatable bonds is 5. The molecule has 2 nitrogen and oxygen atoms in total. The molecule has 0 saturated carbocycles. The van der Waals surface area contributed by atoms with E-state index in [2.05, 4.69) is 142 Å². The smallest absolute Gasteiger partial charge is 0.142 e. The Labute approximate surface area is 265 Å². The summed E-state index contributed by atoms with van der Waals surface area (Å²) in [6.07, 6.45) is 0. The van der Waals surface area contributed by atoms with E-state index in [1.54, 1.807) is 0 Å². The van der Waals surface area contributed by atoms with Gasteiger partial charge in [-0.1, -0.05) is 137 Å². The Morgan fingerprint density at radius 3 is 1.70 bits per heavy atom. The van der Waals surface area contributed by atoms with E-state index < -0.39 is 5.60 Å². The van der Waals surface area contributed by atoms with Gasteiger partial charge in [-0.15, -0.1) is 0 Å². The van der Waals surface area contributed by atoms with Gasteiger partial charge in [0.1, 0.15) is 5.60 Å². The minimum atomic E-state index is -1.33. The molecule has 0 bridgehead atoms. The zero-order valence-electron chi connectivity index (χ0n) is 23.9. The van der Waals surface area contributed by atoms with Crippen molar-refractivity contribution in [1.82, 2.24) is 0 Å². The molecule has 0 aromatic heterocycles. The first-order valence-electron chi connectivity index (χ1n) is 14.8. The van der Waals surface area contributed by atoms with E-state index >= 15 is 0 Å². The van der Waals surface area contributed by atoms with Crippen molar-refractivity contribution in [3.63, 3.8) is 0 Å². The fourth-order valence-electron chi connectivity index (χ4n) is 6.83. The highest BCUT2D eigenvalue weighted by Gasteiger charge is 2.45. The molecule has 0 heterocycles. The number of para-hydroxylation sites is 2. The lowest BCUT2D eigenvalue weighted by Gasteiger charge is -2.30. The summed E-state index contributed by atoms with van der Waals surface area (Å²) in [5.41, 5.74) is 8.67. The molecule has 7 aromatic carbocycles. The molecule has 1 atom stereocenters. The van der Waals surface area contributed by atoms with Crippen LogP contribution in [0.4, 0.5) is 17.1 Å². The highest BCUT2D eigenvalue weighted by molar-refractivity contribution is 9.10. The molecule has 1 N–H and O–H groups in total. The summed E-state index contributed by atoms with van der Waals surface area (Å²) in [5, 5.41) is 15.3. The van der Waals surface area contributed by atoms with Crippen molar-refractivity contribution < 1.29 is 5.11 Å². The van der Waals surface area contributed by atoms with Gasteiger partial charge in [0.2, 0.25) is 0 Å². The quantitative estimate of drug-likeness (QED) is 0.205. The number of fused-ring (bicyclic) bond motifs is 4. The van der Waals surface area contributed by atoms with E-state index in [-0.39, 0.29) is 0 Å². The van der Waals surface area contributed by atoms with E-state index in [1.807, 2.05) is 42.5 Å². The van der Waals surface area contributed by atoms with Crippen LogP contribution in [0.25, 0.3) is 33.0 Å². The van der Waals surface area contributed by atoms with Gasteiger partial charge in [0.25, 0.3) is 0 Å². The van der Waals surface area contributed by atoms with E-state index in [9.17, 15) is 5.11 Å². The van der Waals surface area contributed by atoms with Crippen LogP contribution >= 0.6 is 15.9 Å². The largest absolute Gasteiger partial charge is 0.376 e. The first-order chi connectivity index (χ1) is 21.6. The normalized spacial score (nSPS) is 15.1. The lowest BCUT2D eigenvalue weighted by atomic mass is 9.79. The van der Waals surface area contributed by atoms with Gasteiger partial charge in [-0.3, -0.25) is 0 Å². The predicted octanol–water partition coefficient (Wildman–Crippen LogP) is 11.0. The molecule has 0 spiro atoms. The minimum Gasteiger partial charge on any atom is -0.376 e. The van der Waals surface area contributed by atoms with Gasteiger partial charge in [0.15, 0.2) is 0 Å². The third kappa shape index (κ3) is 4.12.